The van der Waals surface area contributed by atoms with Gasteiger partial charge in [-0.2, -0.15) is 0 Å². The van der Waals surface area contributed by atoms with Gasteiger partial charge in [-0.15, -0.1) is 0 Å². The van der Waals surface area contributed by atoms with Crippen molar-refractivity contribution in [2.24, 2.45) is 10.9 Å². The van der Waals surface area contributed by atoms with E-state index in [2.05, 4.69) is 62.3 Å². The van der Waals surface area contributed by atoms with Crippen LogP contribution in [-0.4, -0.2) is 41.1 Å². The van der Waals surface area contributed by atoms with Gasteiger partial charge in [0.1, 0.15) is 5.84 Å². The highest BCUT2D eigenvalue weighted by Crippen LogP contribution is 2.31. The summed E-state index contributed by atoms with van der Waals surface area (Å²) in [6.07, 6.45) is 7.57. The molecule has 5 nitrogen and oxygen atoms in total. The van der Waals surface area contributed by atoms with Gasteiger partial charge in [-0.3, -0.25) is 9.78 Å². The number of pyridine rings is 1. The van der Waals surface area contributed by atoms with Crippen LogP contribution in [0.25, 0.3) is 5.70 Å². The molecule has 4 rings (SSSR count). The van der Waals surface area contributed by atoms with Crippen LogP contribution in [-0.2, 0) is 4.79 Å². The number of ketones is 1. The predicted octanol–water partition coefficient (Wildman–Crippen LogP) is 4.62. The van der Waals surface area contributed by atoms with E-state index in [-0.39, 0.29) is 17.7 Å². The number of carbonyl (C=O) groups excluding carboxylic acids is 1. The SMILES string of the molecule is CCC1CCC(=O)/C=C(/c2ccncc2)N=C1N1CCNC[C@@H]1c1ccc(Br)cc1. The van der Waals surface area contributed by atoms with Crippen molar-refractivity contribution in [3.8, 4) is 0 Å². The molecule has 2 aliphatic rings. The Hall–Kier alpha value is -2.31. The Morgan fingerprint density at radius 2 is 1.93 bits per heavy atom. The molecule has 0 radical (unpaired) electrons. The van der Waals surface area contributed by atoms with E-state index < -0.39 is 0 Å². The highest BCUT2D eigenvalue weighted by atomic mass is 79.9. The summed E-state index contributed by atoms with van der Waals surface area (Å²) >= 11 is 3.54. The molecule has 3 heterocycles. The van der Waals surface area contributed by atoms with Gasteiger partial charge in [0.05, 0.1) is 11.7 Å². The number of nitrogens with zero attached hydrogens (tertiary/aromatic N) is 3. The average Bonchev–Trinajstić information content (AvgIpc) is 2.77. The van der Waals surface area contributed by atoms with E-state index in [1.807, 2.05) is 12.1 Å². The van der Waals surface area contributed by atoms with Crippen molar-refractivity contribution in [1.82, 2.24) is 15.2 Å². The smallest absolute Gasteiger partial charge is 0.157 e. The largest absolute Gasteiger partial charge is 0.350 e. The van der Waals surface area contributed by atoms with Gasteiger partial charge in [0.15, 0.2) is 5.78 Å². The monoisotopic (exact) mass is 466 g/mol. The quantitative estimate of drug-likeness (QED) is 0.716. The fourth-order valence-electron chi connectivity index (χ4n) is 4.23. The van der Waals surface area contributed by atoms with Crippen molar-refractivity contribution in [3.05, 3.63) is 70.5 Å². The standard InChI is InChI=1S/C24H27BrN4O/c1-2-17-5-8-21(30)15-22(18-9-11-26-12-10-18)28-24(17)29-14-13-27-16-23(29)19-3-6-20(25)7-4-19/h3-4,6-7,9-12,15,17,23,27H,2,5,8,13-14,16H2,1H3/b22-15-,28-24?/t17?,23-/m1/s1. The van der Waals surface area contributed by atoms with Gasteiger partial charge in [0.25, 0.3) is 0 Å². The lowest BCUT2D eigenvalue weighted by atomic mass is 9.92. The number of aromatic nitrogens is 1. The third kappa shape index (κ3) is 4.71. The minimum absolute atomic E-state index is 0.146. The van der Waals surface area contributed by atoms with Crippen LogP contribution in [0.2, 0.25) is 0 Å². The zero-order chi connectivity index (χ0) is 20.9. The van der Waals surface area contributed by atoms with Gasteiger partial charge in [-0.1, -0.05) is 35.0 Å². The van der Waals surface area contributed by atoms with E-state index in [1.165, 1.54) is 5.56 Å². The molecule has 1 saturated heterocycles. The molecular weight excluding hydrogens is 440 g/mol. The molecule has 6 heteroatoms. The Morgan fingerprint density at radius 3 is 2.67 bits per heavy atom. The summed E-state index contributed by atoms with van der Waals surface area (Å²) in [5.74, 6) is 1.51. The number of hydrogen-bond acceptors (Lipinski definition) is 5. The van der Waals surface area contributed by atoms with Crippen LogP contribution in [0.15, 0.2) is 64.3 Å². The molecule has 1 N–H and O–H groups in total. The number of carbonyl (C=O) groups is 1. The first kappa shape index (κ1) is 20.9. The van der Waals surface area contributed by atoms with Crippen LogP contribution in [0.4, 0.5) is 0 Å². The summed E-state index contributed by atoms with van der Waals surface area (Å²) in [6, 6.07) is 12.6. The summed E-state index contributed by atoms with van der Waals surface area (Å²) in [5.41, 5.74) is 2.95. The third-order valence-corrected chi connectivity index (χ3v) is 6.43. The molecule has 156 valence electrons. The second-order valence-electron chi connectivity index (χ2n) is 7.81. The number of benzene rings is 1. The van der Waals surface area contributed by atoms with Gasteiger partial charge in [-0.25, -0.2) is 4.99 Å². The molecule has 0 saturated carbocycles. The lowest BCUT2D eigenvalue weighted by Crippen LogP contribution is -2.50. The number of nitrogens with one attached hydrogen (secondary N) is 1. The van der Waals surface area contributed by atoms with Crippen LogP contribution in [0.3, 0.4) is 0 Å². The van der Waals surface area contributed by atoms with Crippen LogP contribution < -0.4 is 5.32 Å². The molecule has 2 aliphatic heterocycles. The first-order valence-corrected chi connectivity index (χ1v) is 11.4. The van der Waals surface area contributed by atoms with Crippen LogP contribution >= 0.6 is 15.9 Å². The maximum Gasteiger partial charge on any atom is 0.157 e. The first-order chi connectivity index (χ1) is 14.7. The van der Waals surface area contributed by atoms with Gasteiger partial charge >= 0.3 is 0 Å². The zero-order valence-electron chi connectivity index (χ0n) is 17.2. The molecule has 1 unspecified atom stereocenters. The number of allylic oxidation sites excluding steroid dienone is 1. The van der Waals surface area contributed by atoms with E-state index in [0.29, 0.717) is 6.42 Å². The Morgan fingerprint density at radius 1 is 1.17 bits per heavy atom. The Balaban J connectivity index is 1.78. The van der Waals surface area contributed by atoms with Crippen LogP contribution in [0, 0.1) is 5.92 Å². The molecule has 0 amide bonds. The van der Waals surface area contributed by atoms with E-state index in [0.717, 1.165) is 54.0 Å². The Kier molecular flexibility index (Phi) is 6.75. The van der Waals surface area contributed by atoms with E-state index >= 15 is 0 Å². The second kappa shape index (κ2) is 9.67. The van der Waals surface area contributed by atoms with Crippen molar-refractivity contribution in [1.29, 1.82) is 0 Å². The van der Waals surface area contributed by atoms with Crippen molar-refractivity contribution in [3.63, 3.8) is 0 Å². The van der Waals surface area contributed by atoms with Crippen molar-refractivity contribution in [2.45, 2.75) is 32.2 Å². The Bertz CT molecular complexity index is 939. The molecule has 2 aromatic rings. The van der Waals surface area contributed by atoms with E-state index in [1.54, 1.807) is 18.5 Å². The third-order valence-electron chi connectivity index (χ3n) is 5.90. The molecule has 0 bridgehead atoms. The summed E-state index contributed by atoms with van der Waals surface area (Å²) < 4.78 is 1.08. The summed E-state index contributed by atoms with van der Waals surface area (Å²) in [5, 5.41) is 3.54. The highest BCUT2D eigenvalue weighted by molar-refractivity contribution is 9.10. The number of amidine groups is 1. The minimum atomic E-state index is 0.146. The maximum absolute atomic E-state index is 12.5. The normalized spacial score (nSPS) is 24.5. The lowest BCUT2D eigenvalue weighted by molar-refractivity contribution is -0.114. The number of piperazine rings is 1. The average molecular weight is 467 g/mol. The van der Waals surface area contributed by atoms with Gasteiger partial charge in [0.2, 0.25) is 0 Å². The maximum atomic E-state index is 12.5. The summed E-state index contributed by atoms with van der Waals surface area (Å²) in [4.78, 5) is 24.2. The number of rotatable bonds is 3. The van der Waals surface area contributed by atoms with Gasteiger partial charge in [-0.05, 0) is 42.7 Å². The molecule has 1 aromatic heterocycles. The summed E-state index contributed by atoms with van der Waals surface area (Å²) in [7, 11) is 0. The minimum Gasteiger partial charge on any atom is -0.350 e. The van der Waals surface area contributed by atoms with Crippen molar-refractivity contribution < 1.29 is 4.79 Å². The fraction of sp³-hybridized carbons (Fsp3) is 0.375. The Labute approximate surface area is 186 Å². The second-order valence-corrected chi connectivity index (χ2v) is 8.73. The summed E-state index contributed by atoms with van der Waals surface area (Å²) in [6.45, 7) is 4.90. The molecule has 1 aromatic carbocycles. The molecular formula is C24H27BrN4O. The predicted molar refractivity (Wildman–Crippen MR) is 124 cm³/mol. The highest BCUT2D eigenvalue weighted by Gasteiger charge is 2.31. The van der Waals surface area contributed by atoms with Crippen LogP contribution in [0.5, 0.6) is 0 Å². The van der Waals surface area contributed by atoms with E-state index in [4.69, 9.17) is 4.99 Å². The first-order valence-electron chi connectivity index (χ1n) is 10.6. The molecule has 0 aliphatic carbocycles. The number of halogens is 1. The van der Waals surface area contributed by atoms with E-state index in [9.17, 15) is 4.79 Å². The molecule has 2 atom stereocenters. The molecule has 30 heavy (non-hydrogen) atoms. The van der Waals surface area contributed by atoms with Gasteiger partial charge < -0.3 is 10.2 Å². The number of aliphatic imine (C=N–C) groups is 1. The number of hydrogen-bond donors (Lipinski definition) is 1. The lowest BCUT2D eigenvalue weighted by Gasteiger charge is -2.41. The van der Waals surface area contributed by atoms with Crippen LogP contribution in [0.1, 0.15) is 43.4 Å². The zero-order valence-corrected chi connectivity index (χ0v) is 18.8. The van der Waals surface area contributed by atoms with Crippen molar-refractivity contribution in [2.75, 3.05) is 19.6 Å². The molecule has 1 fully saturated rings. The topological polar surface area (TPSA) is 57.6 Å². The van der Waals surface area contributed by atoms with Gasteiger partial charge in [0, 0.05) is 60.5 Å². The molecule has 0 spiro atoms. The van der Waals surface area contributed by atoms with Crippen molar-refractivity contribution >= 4 is 33.2 Å². The fourth-order valence-corrected chi connectivity index (χ4v) is 4.50.